The van der Waals surface area contributed by atoms with Gasteiger partial charge in [-0.3, -0.25) is 15.0 Å². The number of benzene rings is 3. The highest BCUT2D eigenvalue weighted by molar-refractivity contribution is 5.96. The predicted octanol–water partition coefficient (Wildman–Crippen LogP) is 4.24. The van der Waals surface area contributed by atoms with E-state index in [4.69, 9.17) is 0 Å². The molecule has 136 valence electrons. The van der Waals surface area contributed by atoms with Crippen LogP contribution < -0.4 is 10.9 Å². The van der Waals surface area contributed by atoms with E-state index in [2.05, 4.69) is 10.9 Å². The summed E-state index contributed by atoms with van der Waals surface area (Å²) in [5.41, 5.74) is 9.06. The Kier molecular flexibility index (Phi) is 6.13. The summed E-state index contributed by atoms with van der Waals surface area (Å²) < 4.78 is 0. The summed E-state index contributed by atoms with van der Waals surface area (Å²) in [7, 11) is 0. The zero-order valence-corrected chi connectivity index (χ0v) is 15.2. The van der Waals surface area contributed by atoms with Crippen molar-refractivity contribution < 1.29 is 9.59 Å². The van der Waals surface area contributed by atoms with E-state index in [0.717, 1.165) is 11.1 Å². The van der Waals surface area contributed by atoms with Crippen molar-refractivity contribution in [2.75, 3.05) is 0 Å². The Morgan fingerprint density at radius 2 is 1.33 bits per heavy atom. The molecule has 27 heavy (non-hydrogen) atoms. The Hall–Kier alpha value is -3.24. The zero-order chi connectivity index (χ0) is 19.1. The molecule has 2 N–H and O–H groups in total. The SMILES string of the molecule is Cc1ccc(C(CC(=O)c2ccccc2)NNC(=O)c2ccccc2)cc1. The first-order valence-electron chi connectivity index (χ1n) is 8.89. The number of carbonyl (C=O) groups excluding carboxylic acids is 2. The van der Waals surface area contributed by atoms with Crippen LogP contribution in [0.1, 0.15) is 44.3 Å². The Labute approximate surface area is 159 Å². The van der Waals surface area contributed by atoms with Crippen molar-refractivity contribution in [3.05, 3.63) is 107 Å². The maximum atomic E-state index is 12.7. The fourth-order valence-electron chi connectivity index (χ4n) is 2.79. The Morgan fingerprint density at radius 3 is 1.93 bits per heavy atom. The van der Waals surface area contributed by atoms with Crippen LogP contribution in [-0.2, 0) is 0 Å². The van der Waals surface area contributed by atoms with Crippen LogP contribution in [0, 0.1) is 6.92 Å². The third kappa shape index (κ3) is 5.12. The van der Waals surface area contributed by atoms with E-state index in [9.17, 15) is 9.59 Å². The monoisotopic (exact) mass is 358 g/mol. The molecule has 1 amide bonds. The van der Waals surface area contributed by atoms with Gasteiger partial charge < -0.3 is 0 Å². The van der Waals surface area contributed by atoms with Crippen LogP contribution in [0.15, 0.2) is 84.9 Å². The van der Waals surface area contributed by atoms with Crippen molar-refractivity contribution in [1.29, 1.82) is 0 Å². The molecule has 0 bridgehead atoms. The number of ketones is 1. The first-order valence-corrected chi connectivity index (χ1v) is 8.89. The van der Waals surface area contributed by atoms with Gasteiger partial charge in [-0.1, -0.05) is 78.4 Å². The fraction of sp³-hybridized carbons (Fsp3) is 0.130. The van der Waals surface area contributed by atoms with Crippen molar-refractivity contribution in [3.63, 3.8) is 0 Å². The summed E-state index contributed by atoms with van der Waals surface area (Å²) >= 11 is 0. The predicted molar refractivity (Wildman–Crippen MR) is 106 cm³/mol. The molecule has 4 nitrogen and oxygen atoms in total. The van der Waals surface area contributed by atoms with Crippen LogP contribution >= 0.6 is 0 Å². The topological polar surface area (TPSA) is 58.2 Å². The summed E-state index contributed by atoms with van der Waals surface area (Å²) in [6, 6.07) is 25.8. The van der Waals surface area contributed by atoms with Crippen LogP contribution in [0.2, 0.25) is 0 Å². The number of Topliss-reactive ketones (excluding diaryl/α,β-unsaturated/α-hetero) is 1. The van der Waals surface area contributed by atoms with Gasteiger partial charge in [0.2, 0.25) is 0 Å². The van der Waals surface area contributed by atoms with Crippen molar-refractivity contribution >= 4 is 11.7 Å². The van der Waals surface area contributed by atoms with Gasteiger partial charge in [0.25, 0.3) is 5.91 Å². The number of aryl methyl sites for hydroxylation is 1. The zero-order valence-electron chi connectivity index (χ0n) is 15.2. The lowest BCUT2D eigenvalue weighted by atomic mass is 9.98. The van der Waals surface area contributed by atoms with Gasteiger partial charge >= 0.3 is 0 Å². The molecular formula is C23H22N2O2. The molecule has 0 aliphatic rings. The molecule has 0 heterocycles. The molecule has 0 radical (unpaired) electrons. The summed E-state index contributed by atoms with van der Waals surface area (Å²) in [6.45, 7) is 2.01. The van der Waals surface area contributed by atoms with Crippen LogP contribution in [0.4, 0.5) is 0 Å². The lowest BCUT2D eigenvalue weighted by molar-refractivity contribution is 0.0900. The van der Waals surface area contributed by atoms with Gasteiger partial charge in [0.1, 0.15) is 0 Å². The minimum atomic E-state index is -0.328. The van der Waals surface area contributed by atoms with Gasteiger partial charge in [0, 0.05) is 17.5 Å². The van der Waals surface area contributed by atoms with Gasteiger partial charge in [-0.15, -0.1) is 0 Å². The smallest absolute Gasteiger partial charge is 0.265 e. The first kappa shape index (κ1) is 18.5. The molecule has 3 aromatic carbocycles. The first-order chi connectivity index (χ1) is 13.1. The molecule has 3 rings (SSSR count). The van der Waals surface area contributed by atoms with Crippen LogP contribution in [-0.4, -0.2) is 11.7 Å². The molecule has 0 aliphatic carbocycles. The van der Waals surface area contributed by atoms with E-state index in [1.54, 1.807) is 24.3 Å². The summed E-state index contributed by atoms with van der Waals surface area (Å²) in [4.78, 5) is 25.0. The lowest BCUT2D eigenvalue weighted by Gasteiger charge is -2.19. The minimum Gasteiger partial charge on any atom is -0.294 e. The molecule has 0 fully saturated rings. The summed E-state index contributed by atoms with van der Waals surface area (Å²) in [6.07, 6.45) is 0.238. The molecule has 0 aliphatic heterocycles. The van der Waals surface area contributed by atoms with Crippen molar-refractivity contribution in [2.45, 2.75) is 19.4 Å². The Balaban J connectivity index is 1.74. The number of hydrazine groups is 1. The van der Waals surface area contributed by atoms with Gasteiger partial charge in [-0.05, 0) is 24.6 Å². The number of rotatable bonds is 7. The van der Waals surface area contributed by atoms with Gasteiger partial charge in [0.15, 0.2) is 5.78 Å². The molecular weight excluding hydrogens is 336 g/mol. The fourth-order valence-corrected chi connectivity index (χ4v) is 2.79. The largest absolute Gasteiger partial charge is 0.294 e. The number of carbonyl (C=O) groups is 2. The highest BCUT2D eigenvalue weighted by atomic mass is 16.2. The van der Waals surface area contributed by atoms with Gasteiger partial charge in [-0.25, -0.2) is 5.43 Å². The van der Waals surface area contributed by atoms with Gasteiger partial charge in [-0.2, -0.15) is 0 Å². The number of nitrogens with one attached hydrogen (secondary N) is 2. The molecule has 3 aromatic rings. The maximum Gasteiger partial charge on any atom is 0.265 e. The average Bonchev–Trinajstić information content (AvgIpc) is 2.72. The normalized spacial score (nSPS) is 11.6. The molecule has 1 unspecified atom stereocenters. The number of hydrogen-bond acceptors (Lipinski definition) is 3. The van der Waals surface area contributed by atoms with E-state index in [1.807, 2.05) is 67.6 Å². The van der Waals surface area contributed by atoms with Crippen molar-refractivity contribution in [1.82, 2.24) is 10.9 Å². The van der Waals surface area contributed by atoms with E-state index in [-0.39, 0.29) is 24.2 Å². The number of amides is 1. The van der Waals surface area contributed by atoms with Crippen molar-refractivity contribution in [2.24, 2.45) is 0 Å². The minimum absolute atomic E-state index is 0.0163. The van der Waals surface area contributed by atoms with E-state index in [1.165, 1.54) is 0 Å². The average molecular weight is 358 g/mol. The molecule has 1 atom stereocenters. The highest BCUT2D eigenvalue weighted by Gasteiger charge is 2.18. The quantitative estimate of drug-likeness (QED) is 0.490. The second-order valence-corrected chi connectivity index (χ2v) is 6.42. The molecule has 0 saturated carbocycles. The lowest BCUT2D eigenvalue weighted by Crippen LogP contribution is -2.40. The summed E-state index contributed by atoms with van der Waals surface area (Å²) in [5, 5.41) is 0. The number of hydrogen-bond donors (Lipinski definition) is 2. The molecule has 0 aromatic heterocycles. The molecule has 0 spiro atoms. The van der Waals surface area contributed by atoms with Gasteiger partial charge in [0.05, 0.1) is 6.04 Å². The van der Waals surface area contributed by atoms with Crippen LogP contribution in [0.3, 0.4) is 0 Å². The maximum absolute atomic E-state index is 12.7. The molecule has 0 saturated heterocycles. The van der Waals surface area contributed by atoms with E-state index in [0.29, 0.717) is 11.1 Å². The van der Waals surface area contributed by atoms with E-state index >= 15 is 0 Å². The standard InChI is InChI=1S/C23H22N2O2/c1-17-12-14-18(15-13-17)21(16-22(26)19-8-4-2-5-9-19)24-25-23(27)20-10-6-3-7-11-20/h2-15,21,24H,16H2,1H3,(H,25,27). The highest BCUT2D eigenvalue weighted by Crippen LogP contribution is 2.19. The summed E-state index contributed by atoms with van der Waals surface area (Å²) in [5.74, 6) is -0.220. The molecule has 4 heteroatoms. The van der Waals surface area contributed by atoms with Crippen LogP contribution in [0.25, 0.3) is 0 Å². The van der Waals surface area contributed by atoms with Crippen LogP contribution in [0.5, 0.6) is 0 Å². The third-order valence-corrected chi connectivity index (χ3v) is 4.36. The second-order valence-electron chi connectivity index (χ2n) is 6.42. The van der Waals surface area contributed by atoms with E-state index < -0.39 is 0 Å². The second kappa shape index (κ2) is 8.92. The Bertz CT molecular complexity index is 891. The third-order valence-electron chi connectivity index (χ3n) is 4.36. The van der Waals surface area contributed by atoms with Crippen molar-refractivity contribution in [3.8, 4) is 0 Å². The Morgan fingerprint density at radius 1 is 0.778 bits per heavy atom.